The van der Waals surface area contributed by atoms with Gasteiger partial charge in [-0.25, -0.2) is 0 Å². The zero-order valence-electron chi connectivity index (χ0n) is 12.8. The maximum absolute atomic E-state index is 11.7. The van der Waals surface area contributed by atoms with Crippen molar-refractivity contribution in [3.63, 3.8) is 0 Å². The molecule has 1 aliphatic heterocycles. The van der Waals surface area contributed by atoms with Crippen molar-refractivity contribution in [2.45, 2.75) is 57.8 Å². The van der Waals surface area contributed by atoms with Gasteiger partial charge in [-0.1, -0.05) is 41.9 Å². The fourth-order valence-electron chi connectivity index (χ4n) is 3.14. The minimum atomic E-state index is 0.141. The van der Waals surface area contributed by atoms with Crippen LogP contribution in [0.5, 0.6) is 0 Å². The van der Waals surface area contributed by atoms with Gasteiger partial charge in [0, 0.05) is 23.5 Å². The number of fused-ring (bicyclic) bond motifs is 1. The highest BCUT2D eigenvalue weighted by Crippen LogP contribution is 2.33. The molecular formula is C17H24BrNO. The maximum atomic E-state index is 11.7. The van der Waals surface area contributed by atoms with Crippen LogP contribution in [0.1, 0.15) is 45.2 Å². The Labute approximate surface area is 130 Å². The first-order chi connectivity index (χ1) is 9.38. The molecule has 2 nitrogen and oxygen atoms in total. The van der Waals surface area contributed by atoms with Gasteiger partial charge in [-0.05, 0) is 49.3 Å². The smallest absolute Gasteiger partial charge is 0.224 e. The maximum Gasteiger partial charge on any atom is 0.224 e. The van der Waals surface area contributed by atoms with Gasteiger partial charge in [-0.15, -0.1) is 0 Å². The van der Waals surface area contributed by atoms with Gasteiger partial charge in [0.2, 0.25) is 5.91 Å². The standard InChI is InChI=1S/C17H24BrNO/c1-11(2)7-16(18)10-14-5-6-17-15(9-14)8-12(3)19(17)13(4)20/h5-6,9,11-12,16H,7-8,10H2,1-4H3. The second kappa shape index (κ2) is 6.30. The SMILES string of the molecule is CC(=O)N1c2ccc(CC(Br)CC(C)C)cc2CC1C. The molecule has 20 heavy (non-hydrogen) atoms. The number of amides is 1. The number of hydrogen-bond donors (Lipinski definition) is 0. The summed E-state index contributed by atoms with van der Waals surface area (Å²) in [6, 6.07) is 6.85. The predicted molar refractivity (Wildman–Crippen MR) is 88.6 cm³/mol. The minimum absolute atomic E-state index is 0.141. The average Bonchev–Trinajstić information content (AvgIpc) is 2.62. The number of hydrogen-bond acceptors (Lipinski definition) is 1. The van der Waals surface area contributed by atoms with Crippen LogP contribution in [0.2, 0.25) is 0 Å². The third kappa shape index (κ3) is 3.43. The van der Waals surface area contributed by atoms with Gasteiger partial charge >= 0.3 is 0 Å². The van der Waals surface area contributed by atoms with Gasteiger partial charge in [0.25, 0.3) is 0 Å². The second-order valence-corrected chi connectivity index (χ2v) is 7.63. The van der Waals surface area contributed by atoms with Gasteiger partial charge in [0.15, 0.2) is 0 Å². The second-order valence-electron chi connectivity index (χ2n) is 6.34. The van der Waals surface area contributed by atoms with Crippen LogP contribution < -0.4 is 4.90 Å². The molecule has 1 heterocycles. The molecule has 1 aromatic rings. The van der Waals surface area contributed by atoms with Gasteiger partial charge < -0.3 is 4.90 Å². The van der Waals surface area contributed by atoms with E-state index in [-0.39, 0.29) is 11.9 Å². The highest BCUT2D eigenvalue weighted by Gasteiger charge is 2.28. The minimum Gasteiger partial charge on any atom is -0.309 e. The van der Waals surface area contributed by atoms with Crippen LogP contribution in [0, 0.1) is 5.92 Å². The van der Waals surface area contributed by atoms with Crippen molar-refractivity contribution in [3.8, 4) is 0 Å². The fourth-order valence-corrected chi connectivity index (χ4v) is 4.26. The first-order valence-electron chi connectivity index (χ1n) is 7.44. The van der Waals surface area contributed by atoms with Crippen molar-refractivity contribution in [2.24, 2.45) is 5.92 Å². The van der Waals surface area contributed by atoms with Crippen LogP contribution in [0.15, 0.2) is 18.2 Å². The first-order valence-corrected chi connectivity index (χ1v) is 8.35. The summed E-state index contributed by atoms with van der Waals surface area (Å²) in [5.74, 6) is 0.851. The molecular weight excluding hydrogens is 314 g/mol. The van der Waals surface area contributed by atoms with Gasteiger partial charge in [0.1, 0.15) is 0 Å². The number of nitrogens with zero attached hydrogens (tertiary/aromatic N) is 1. The summed E-state index contributed by atoms with van der Waals surface area (Å²) < 4.78 is 0. The Morgan fingerprint density at radius 2 is 2.15 bits per heavy atom. The molecule has 1 aliphatic rings. The molecule has 0 N–H and O–H groups in total. The summed E-state index contributed by atoms with van der Waals surface area (Å²) in [6.45, 7) is 8.27. The Hall–Kier alpha value is -0.830. The molecule has 110 valence electrons. The van der Waals surface area contributed by atoms with Crippen LogP contribution in [-0.2, 0) is 17.6 Å². The Bertz CT molecular complexity index is 498. The number of rotatable bonds is 4. The van der Waals surface area contributed by atoms with Gasteiger partial charge in [-0.3, -0.25) is 4.79 Å². The van der Waals surface area contributed by atoms with Crippen molar-refractivity contribution < 1.29 is 4.79 Å². The van der Waals surface area contributed by atoms with Crippen molar-refractivity contribution in [1.29, 1.82) is 0 Å². The number of carbonyl (C=O) groups is 1. The molecule has 0 fully saturated rings. The highest BCUT2D eigenvalue weighted by molar-refractivity contribution is 9.09. The van der Waals surface area contributed by atoms with E-state index in [1.165, 1.54) is 17.5 Å². The summed E-state index contributed by atoms with van der Waals surface area (Å²) in [5, 5.41) is 0. The monoisotopic (exact) mass is 337 g/mol. The van der Waals surface area contributed by atoms with Crippen molar-refractivity contribution in [2.75, 3.05) is 4.90 Å². The number of alkyl halides is 1. The molecule has 0 radical (unpaired) electrons. The fraction of sp³-hybridized carbons (Fsp3) is 0.588. The van der Waals surface area contributed by atoms with Crippen LogP contribution >= 0.6 is 15.9 Å². The molecule has 0 saturated carbocycles. The summed E-state index contributed by atoms with van der Waals surface area (Å²) in [5.41, 5.74) is 3.78. The number of anilines is 1. The topological polar surface area (TPSA) is 20.3 Å². The Balaban J connectivity index is 2.14. The first kappa shape index (κ1) is 15.6. The third-order valence-electron chi connectivity index (χ3n) is 3.88. The average molecular weight is 338 g/mol. The van der Waals surface area contributed by atoms with Crippen LogP contribution in [0.4, 0.5) is 5.69 Å². The van der Waals surface area contributed by atoms with Gasteiger partial charge in [0.05, 0.1) is 0 Å². The molecule has 0 spiro atoms. The molecule has 2 unspecified atom stereocenters. The van der Waals surface area contributed by atoms with E-state index in [9.17, 15) is 4.79 Å². The summed E-state index contributed by atoms with van der Waals surface area (Å²) in [7, 11) is 0. The largest absolute Gasteiger partial charge is 0.309 e. The number of carbonyl (C=O) groups excluding carboxylic acids is 1. The summed E-state index contributed by atoms with van der Waals surface area (Å²) in [4.78, 5) is 14.2. The Morgan fingerprint density at radius 3 is 2.75 bits per heavy atom. The van der Waals surface area contributed by atoms with Crippen molar-refractivity contribution >= 4 is 27.5 Å². The molecule has 1 aromatic carbocycles. The molecule has 3 heteroatoms. The van der Waals surface area contributed by atoms with E-state index in [2.05, 4.69) is 54.9 Å². The van der Waals surface area contributed by atoms with Crippen LogP contribution in [-0.4, -0.2) is 16.8 Å². The van der Waals surface area contributed by atoms with E-state index in [1.54, 1.807) is 6.92 Å². The van der Waals surface area contributed by atoms with E-state index in [1.807, 2.05) is 4.90 Å². The molecule has 2 atom stereocenters. The summed E-state index contributed by atoms with van der Waals surface area (Å²) in [6.07, 6.45) is 3.22. The molecule has 2 rings (SSSR count). The quantitative estimate of drug-likeness (QED) is 0.748. The van der Waals surface area contributed by atoms with Crippen molar-refractivity contribution in [1.82, 2.24) is 0 Å². The van der Waals surface area contributed by atoms with E-state index in [0.717, 1.165) is 18.5 Å². The Kier molecular flexibility index (Phi) is 4.90. The lowest BCUT2D eigenvalue weighted by Gasteiger charge is -2.20. The number of halogens is 1. The normalized spacial score (nSPS) is 19.3. The van der Waals surface area contributed by atoms with Gasteiger partial charge in [-0.2, -0.15) is 0 Å². The Morgan fingerprint density at radius 1 is 1.45 bits per heavy atom. The lowest BCUT2D eigenvalue weighted by atomic mass is 10.00. The zero-order chi connectivity index (χ0) is 14.9. The van der Waals surface area contributed by atoms with E-state index in [0.29, 0.717) is 10.7 Å². The van der Waals surface area contributed by atoms with Crippen molar-refractivity contribution in [3.05, 3.63) is 29.3 Å². The van der Waals surface area contributed by atoms with E-state index in [4.69, 9.17) is 0 Å². The van der Waals surface area contributed by atoms with Crippen LogP contribution in [0.25, 0.3) is 0 Å². The van der Waals surface area contributed by atoms with Crippen LogP contribution in [0.3, 0.4) is 0 Å². The number of benzene rings is 1. The molecule has 0 aromatic heterocycles. The van der Waals surface area contributed by atoms with E-state index >= 15 is 0 Å². The van der Waals surface area contributed by atoms with E-state index < -0.39 is 0 Å². The third-order valence-corrected chi connectivity index (χ3v) is 4.58. The zero-order valence-corrected chi connectivity index (χ0v) is 14.4. The lowest BCUT2D eigenvalue weighted by Crippen LogP contribution is -2.33. The molecule has 0 aliphatic carbocycles. The summed E-state index contributed by atoms with van der Waals surface area (Å²) >= 11 is 3.78. The molecule has 1 amide bonds. The predicted octanol–water partition coefficient (Wildman–Crippen LogP) is 4.34. The molecule has 0 saturated heterocycles. The lowest BCUT2D eigenvalue weighted by molar-refractivity contribution is -0.116. The molecule has 0 bridgehead atoms. The highest BCUT2D eigenvalue weighted by atomic mass is 79.9.